The zero-order valence-corrected chi connectivity index (χ0v) is 73.3. The topological polar surface area (TPSA) is 149 Å². The summed E-state index contributed by atoms with van der Waals surface area (Å²) in [5, 5.41) is 9.23. The molecule has 26 aromatic rings. The van der Waals surface area contributed by atoms with Crippen LogP contribution in [0.25, 0.3) is 246 Å². The molecule has 26 rings (SSSR count). The van der Waals surface area contributed by atoms with Crippen molar-refractivity contribution in [2.45, 2.75) is 0 Å². The van der Waals surface area contributed by atoms with Crippen molar-refractivity contribution < 1.29 is 0 Å². The second-order valence-electron chi connectivity index (χ2n) is 33.8. The maximum atomic E-state index is 5.25. The Hall–Kier alpha value is -18.7. The molecule has 8 aromatic heterocycles. The van der Waals surface area contributed by atoms with E-state index in [0.717, 1.165) is 178 Å². The fraction of sp³-hybridized carbons (Fsp3) is 0. The fourth-order valence-electron chi connectivity index (χ4n) is 19.3. The van der Waals surface area contributed by atoms with Gasteiger partial charge in [-0.05, 0) is 131 Å². The predicted molar refractivity (Wildman–Crippen MR) is 553 cm³/mol. The largest absolute Gasteiger partial charge is 0.309 e. The van der Waals surface area contributed by atoms with Gasteiger partial charge in [0.05, 0.1) is 66.9 Å². The minimum Gasteiger partial charge on any atom is -0.309 e. The lowest BCUT2D eigenvalue weighted by atomic mass is 9.98. The van der Waals surface area contributed by atoms with Crippen molar-refractivity contribution >= 4 is 87.2 Å². The van der Waals surface area contributed by atoms with Crippen LogP contribution in [0, 0.1) is 0 Å². The van der Waals surface area contributed by atoms with Crippen molar-refractivity contribution in [2.24, 2.45) is 0 Å². The van der Waals surface area contributed by atoms with E-state index >= 15 is 0 Å². The molecule has 14 nitrogen and oxygen atoms in total. The van der Waals surface area contributed by atoms with Gasteiger partial charge < -0.3 is 9.13 Å². The van der Waals surface area contributed by atoms with Crippen LogP contribution in [0.5, 0.6) is 0 Å². The first kappa shape index (κ1) is 79.5. The van der Waals surface area contributed by atoms with Crippen molar-refractivity contribution in [3.05, 3.63) is 473 Å². The Kier molecular flexibility index (Phi) is 19.9. The summed E-state index contributed by atoms with van der Waals surface area (Å²) in [5.74, 6) is 5.01. The van der Waals surface area contributed by atoms with E-state index in [4.69, 9.17) is 49.8 Å². The number of hydrogen-bond donors (Lipinski definition) is 0. The highest BCUT2D eigenvalue weighted by Gasteiger charge is 2.26. The molecular formula is C122H78N14. The number of benzene rings is 18. The maximum Gasteiger partial charge on any atom is 0.238 e. The van der Waals surface area contributed by atoms with Crippen LogP contribution >= 0.6 is 0 Å². The first-order chi connectivity index (χ1) is 67.4. The van der Waals surface area contributed by atoms with Gasteiger partial charge in [0.15, 0.2) is 34.9 Å². The normalized spacial score (nSPS) is 11.5. The summed E-state index contributed by atoms with van der Waals surface area (Å²) >= 11 is 0. The minimum absolute atomic E-state index is 0.567. The van der Waals surface area contributed by atoms with E-state index < -0.39 is 0 Å². The molecule has 14 heteroatoms. The van der Waals surface area contributed by atoms with Gasteiger partial charge in [-0.15, -0.1) is 0 Å². The molecule has 136 heavy (non-hydrogen) atoms. The molecule has 0 atom stereocenters. The second kappa shape index (κ2) is 34.0. The number of rotatable bonds is 16. The van der Waals surface area contributed by atoms with Crippen LogP contribution in [0.1, 0.15) is 0 Å². The summed E-state index contributed by atoms with van der Waals surface area (Å²) in [5.41, 5.74) is 28.5. The van der Waals surface area contributed by atoms with E-state index in [-0.39, 0.29) is 0 Å². The average molecular weight is 1740 g/mol. The highest BCUT2D eigenvalue weighted by atomic mass is 15.2. The first-order valence-electron chi connectivity index (χ1n) is 45.5. The minimum atomic E-state index is 0.567. The van der Waals surface area contributed by atoms with E-state index in [1.54, 1.807) is 0 Å². The van der Waals surface area contributed by atoms with Crippen molar-refractivity contribution in [1.29, 1.82) is 0 Å². The van der Waals surface area contributed by atoms with Gasteiger partial charge in [0.25, 0.3) is 0 Å². The Labute approximate surface area is 782 Å². The third-order valence-corrected chi connectivity index (χ3v) is 25.6. The van der Waals surface area contributed by atoms with Crippen molar-refractivity contribution in [2.75, 3.05) is 0 Å². The average Bonchev–Trinajstić information content (AvgIpc) is 1.57. The van der Waals surface area contributed by atoms with Gasteiger partial charge in [0, 0.05) is 110 Å². The Bertz CT molecular complexity index is 8830. The van der Waals surface area contributed by atoms with Gasteiger partial charge in [-0.2, -0.15) is 9.97 Å². The molecule has 0 radical (unpaired) electrons. The Morgan fingerprint density at radius 2 is 0.397 bits per heavy atom. The van der Waals surface area contributed by atoms with Gasteiger partial charge in [-0.25, -0.2) is 39.9 Å². The third-order valence-electron chi connectivity index (χ3n) is 25.6. The quantitative estimate of drug-likeness (QED) is 0.0915. The highest BCUT2D eigenvalue weighted by Crippen LogP contribution is 2.46. The van der Waals surface area contributed by atoms with Crippen LogP contribution in [0.15, 0.2) is 473 Å². The summed E-state index contributed by atoms with van der Waals surface area (Å²) in [7, 11) is 0. The molecule has 0 saturated carbocycles. The van der Waals surface area contributed by atoms with Crippen LogP contribution < -0.4 is 0 Å². The summed E-state index contributed by atoms with van der Waals surface area (Å²) in [6, 6.07) is 164. The van der Waals surface area contributed by atoms with Crippen molar-refractivity contribution in [3.8, 4) is 159 Å². The second-order valence-corrected chi connectivity index (χ2v) is 33.8. The third kappa shape index (κ3) is 14.4. The first-order valence-corrected chi connectivity index (χ1v) is 45.5. The van der Waals surface area contributed by atoms with Gasteiger partial charge in [0.1, 0.15) is 0 Å². The summed E-state index contributed by atoms with van der Waals surface area (Å²) < 4.78 is 9.13. The van der Waals surface area contributed by atoms with E-state index in [1.807, 2.05) is 170 Å². The molecule has 0 saturated heterocycles. The number of aromatic nitrogens is 14. The molecule has 636 valence electrons. The van der Waals surface area contributed by atoms with Gasteiger partial charge in [-0.3, -0.25) is 9.13 Å². The van der Waals surface area contributed by atoms with E-state index in [2.05, 4.69) is 322 Å². The Balaban J connectivity index is 0.000000145. The maximum absolute atomic E-state index is 5.25. The van der Waals surface area contributed by atoms with E-state index in [1.165, 1.54) is 21.5 Å². The molecule has 18 aromatic carbocycles. The number of hydrogen-bond acceptors (Lipinski definition) is 10. The van der Waals surface area contributed by atoms with Crippen LogP contribution in [0.2, 0.25) is 0 Å². The van der Waals surface area contributed by atoms with Crippen molar-refractivity contribution in [1.82, 2.24) is 68.1 Å². The number of fused-ring (bicyclic) bond motifs is 12. The highest BCUT2D eigenvalue weighted by molar-refractivity contribution is 6.19. The molecule has 0 fully saturated rings. The zero-order chi connectivity index (χ0) is 89.9. The molecule has 0 unspecified atom stereocenters. The lowest BCUT2D eigenvalue weighted by Gasteiger charge is -2.12. The van der Waals surface area contributed by atoms with Gasteiger partial charge in [-0.1, -0.05) is 364 Å². The fourth-order valence-corrected chi connectivity index (χ4v) is 19.3. The van der Waals surface area contributed by atoms with E-state index in [9.17, 15) is 0 Å². The smallest absolute Gasteiger partial charge is 0.238 e. The summed E-state index contributed by atoms with van der Waals surface area (Å²) in [4.78, 5) is 51.0. The molecule has 0 amide bonds. The standard InChI is InChI=1S/2C61H39N7/c1-5-19-40(20-6-1)51-39-52(41-21-7-2-8-22-41)63-60(62-51)45-27-17-28-46(37-45)67-54-33-16-14-30-49(54)57-47(31-18-34-56(57)67)44-35-36-55-50(38-44)48-29-13-15-32-53(48)68(55)61-65-58(42-23-9-3-10-24-42)64-59(66-61)43-25-11-4-12-26-43;1-5-18-40(19-6-1)51-39-52(41-20-7-2-8-21-41)63-61(62-51)68-53-29-15-13-26-48(53)50-38-45(34-37-55(50)68)47-28-17-31-56-57(47)49-27-14-16-30-54(49)67(56)46-35-32-44(33-36-46)60-65-58(42-22-9-3-10-23-42)64-59(66-60)43-24-11-4-12-25-43/h2*1-39H. The number of para-hydroxylation sites is 4. The molecule has 0 bridgehead atoms. The number of nitrogens with zero attached hydrogens (tertiary/aromatic N) is 14. The summed E-state index contributed by atoms with van der Waals surface area (Å²) in [6.45, 7) is 0. The molecule has 0 spiro atoms. The summed E-state index contributed by atoms with van der Waals surface area (Å²) in [6.07, 6.45) is 0. The predicted octanol–water partition coefficient (Wildman–Crippen LogP) is 29.7. The van der Waals surface area contributed by atoms with Crippen LogP contribution in [-0.4, -0.2) is 68.1 Å². The SMILES string of the molecule is c1ccc(-c2cc(-c3ccccc3)nc(-c3cccc(-n4c5ccccc5c5c(-c6ccc7c(c6)c6ccccc6n7-c6nc(-c7ccccc7)nc(-c7ccccc7)n6)cccc54)c3)n2)cc1.c1ccc(-c2cc(-c3ccccc3)nc(-n3c4ccccc4c4cc(-c5cccc6c5c5ccccc5n6-c5ccc(-c6nc(-c7ccccc7)nc(-c7ccccc7)n6)cc5)ccc43)n2)cc1. The molecular weight excluding hydrogens is 1660 g/mol. The Morgan fingerprint density at radius 1 is 0.132 bits per heavy atom. The lowest BCUT2D eigenvalue weighted by molar-refractivity contribution is 0.953. The monoisotopic (exact) mass is 1740 g/mol. The lowest BCUT2D eigenvalue weighted by Crippen LogP contribution is -2.06. The van der Waals surface area contributed by atoms with Gasteiger partial charge >= 0.3 is 0 Å². The molecule has 0 N–H and O–H groups in total. The van der Waals surface area contributed by atoms with Crippen LogP contribution in [0.3, 0.4) is 0 Å². The molecule has 8 heterocycles. The van der Waals surface area contributed by atoms with Crippen molar-refractivity contribution in [3.63, 3.8) is 0 Å². The van der Waals surface area contributed by atoms with Crippen LogP contribution in [0.4, 0.5) is 0 Å². The van der Waals surface area contributed by atoms with Crippen LogP contribution in [-0.2, 0) is 0 Å². The molecule has 0 aliphatic carbocycles. The Morgan fingerprint density at radius 3 is 0.779 bits per heavy atom. The van der Waals surface area contributed by atoms with Gasteiger partial charge in [0.2, 0.25) is 11.9 Å². The van der Waals surface area contributed by atoms with E-state index in [0.29, 0.717) is 46.8 Å². The molecule has 0 aliphatic rings. The zero-order valence-electron chi connectivity index (χ0n) is 73.3. The molecule has 0 aliphatic heterocycles.